The number of amides is 2. The Morgan fingerprint density at radius 2 is 1.74 bits per heavy atom. The molecule has 9 heteroatoms. The first-order valence-corrected chi connectivity index (χ1v) is 10.3. The number of nitro groups is 1. The van der Waals surface area contributed by atoms with Crippen LogP contribution in [0.2, 0.25) is 0 Å². The number of esters is 1. The summed E-state index contributed by atoms with van der Waals surface area (Å²) < 4.78 is 4.97. The predicted molar refractivity (Wildman–Crippen MR) is 104 cm³/mol. The summed E-state index contributed by atoms with van der Waals surface area (Å²) in [4.78, 5) is 61.3. The number of benzene rings is 1. The van der Waals surface area contributed by atoms with Crippen LogP contribution in [0.5, 0.6) is 0 Å². The molecule has 2 amide bonds. The molecule has 1 aromatic carbocycles. The second-order valence-corrected chi connectivity index (χ2v) is 8.62. The highest BCUT2D eigenvalue weighted by Crippen LogP contribution is 2.65. The van der Waals surface area contributed by atoms with Crippen molar-refractivity contribution in [2.75, 3.05) is 13.2 Å². The number of hydrogen-bond acceptors (Lipinski definition) is 7. The fraction of sp³-hybridized carbons (Fsp3) is 0.455. The normalized spacial score (nSPS) is 31.9. The first kappa shape index (κ1) is 19.6. The van der Waals surface area contributed by atoms with Crippen molar-refractivity contribution in [3.05, 3.63) is 52.1 Å². The summed E-state index contributed by atoms with van der Waals surface area (Å²) >= 11 is 0. The number of Topliss-reactive ketones (excluding diaryl/α,β-unsaturated/α-hetero) is 1. The topological polar surface area (TPSA) is 124 Å². The fourth-order valence-corrected chi connectivity index (χ4v) is 5.54. The van der Waals surface area contributed by atoms with E-state index in [1.165, 1.54) is 23.1 Å². The Balaban J connectivity index is 1.15. The number of ether oxygens (including phenoxy) is 1. The Hall–Kier alpha value is -3.36. The molecule has 6 atom stereocenters. The fourth-order valence-electron chi connectivity index (χ4n) is 5.54. The third-order valence-corrected chi connectivity index (χ3v) is 7.04. The number of ketones is 1. The smallest absolute Gasteiger partial charge is 0.308 e. The van der Waals surface area contributed by atoms with Gasteiger partial charge in [0.05, 0.1) is 23.2 Å². The van der Waals surface area contributed by atoms with Crippen molar-refractivity contribution in [2.24, 2.45) is 35.5 Å². The Labute approximate surface area is 177 Å². The van der Waals surface area contributed by atoms with Gasteiger partial charge < -0.3 is 4.74 Å². The van der Waals surface area contributed by atoms with E-state index in [2.05, 4.69) is 12.2 Å². The molecule has 0 N–H and O–H groups in total. The zero-order valence-electron chi connectivity index (χ0n) is 16.5. The molecule has 0 radical (unpaired) electrons. The first-order chi connectivity index (χ1) is 14.9. The number of allylic oxidation sites excluding steroid dienone is 2. The van der Waals surface area contributed by atoms with Gasteiger partial charge in [-0.15, -0.1) is 0 Å². The molecule has 0 unspecified atom stereocenters. The van der Waals surface area contributed by atoms with Gasteiger partial charge in [-0.1, -0.05) is 24.3 Å². The van der Waals surface area contributed by atoms with E-state index >= 15 is 0 Å². The van der Waals surface area contributed by atoms with Gasteiger partial charge in [0.1, 0.15) is 0 Å². The highest BCUT2D eigenvalue weighted by Gasteiger charge is 2.66. The molecular formula is C22H20N2O7. The van der Waals surface area contributed by atoms with E-state index in [4.69, 9.17) is 4.74 Å². The summed E-state index contributed by atoms with van der Waals surface area (Å²) in [6.45, 7) is -0.631. The molecule has 0 aromatic heterocycles. The maximum Gasteiger partial charge on any atom is 0.308 e. The van der Waals surface area contributed by atoms with Gasteiger partial charge in [0, 0.05) is 24.2 Å². The van der Waals surface area contributed by atoms with Crippen molar-refractivity contribution in [2.45, 2.75) is 12.8 Å². The zero-order valence-corrected chi connectivity index (χ0v) is 16.5. The quantitative estimate of drug-likeness (QED) is 0.163. The molecule has 4 aliphatic carbocycles. The van der Waals surface area contributed by atoms with E-state index in [1.807, 2.05) is 0 Å². The Kier molecular flexibility index (Phi) is 4.49. The summed E-state index contributed by atoms with van der Waals surface area (Å²) in [5.74, 6) is -1.04. The van der Waals surface area contributed by atoms with Gasteiger partial charge in [-0.05, 0) is 30.1 Å². The molecule has 160 valence electrons. The van der Waals surface area contributed by atoms with Crippen LogP contribution in [0.25, 0.3) is 0 Å². The summed E-state index contributed by atoms with van der Waals surface area (Å²) in [6.07, 6.45) is 5.06. The molecule has 2 bridgehead atoms. The first-order valence-electron chi connectivity index (χ1n) is 10.3. The molecule has 2 saturated carbocycles. The van der Waals surface area contributed by atoms with Crippen LogP contribution in [-0.2, 0) is 19.1 Å². The van der Waals surface area contributed by atoms with E-state index < -0.39 is 23.3 Å². The summed E-state index contributed by atoms with van der Waals surface area (Å²) in [5, 5.41) is 10.8. The largest absolute Gasteiger partial charge is 0.457 e. The maximum atomic E-state index is 12.9. The Morgan fingerprint density at radius 3 is 2.35 bits per heavy atom. The number of rotatable bonds is 7. The second-order valence-electron chi connectivity index (χ2n) is 8.62. The van der Waals surface area contributed by atoms with E-state index in [0.29, 0.717) is 11.8 Å². The highest BCUT2D eigenvalue weighted by atomic mass is 16.6. The van der Waals surface area contributed by atoms with E-state index in [1.54, 1.807) is 0 Å². The summed E-state index contributed by atoms with van der Waals surface area (Å²) in [5.41, 5.74) is -0.164. The van der Waals surface area contributed by atoms with Crippen LogP contribution in [0.3, 0.4) is 0 Å². The van der Waals surface area contributed by atoms with Gasteiger partial charge in [-0.25, -0.2) is 0 Å². The molecule has 1 aliphatic heterocycles. The number of imide groups is 1. The Morgan fingerprint density at radius 1 is 1.10 bits per heavy atom. The van der Waals surface area contributed by atoms with Crippen molar-refractivity contribution in [1.29, 1.82) is 0 Å². The number of carbonyl (C=O) groups excluding carboxylic acids is 4. The molecule has 3 fully saturated rings. The van der Waals surface area contributed by atoms with E-state index in [9.17, 15) is 29.3 Å². The van der Waals surface area contributed by atoms with Crippen molar-refractivity contribution in [3.8, 4) is 0 Å². The highest BCUT2D eigenvalue weighted by molar-refractivity contribution is 6.06. The minimum absolute atomic E-state index is 0.0662. The number of likely N-dealkylation sites (tertiary alicyclic amines) is 1. The molecular weight excluding hydrogens is 404 g/mol. The van der Waals surface area contributed by atoms with Gasteiger partial charge in [-0.3, -0.25) is 34.2 Å². The molecule has 0 spiro atoms. The summed E-state index contributed by atoms with van der Waals surface area (Å²) in [7, 11) is 0. The van der Waals surface area contributed by atoms with Gasteiger partial charge in [0.2, 0.25) is 17.6 Å². The average molecular weight is 424 g/mol. The standard InChI is InChI=1S/C22H20N2O7/c25-17(11-2-1-3-12(8-11)24(29)30)10-31-18(26)6-7-23-21(27)19-13-4-5-14(16-9-15(13)16)20(19)22(23)28/h1-5,8,13-16,19-20H,6-7,9-10H2/t13-,14-,15-,16+,19+,20+/m0/s1. The second kappa shape index (κ2) is 7.11. The monoisotopic (exact) mass is 424 g/mol. The number of hydrogen-bond donors (Lipinski definition) is 0. The van der Waals surface area contributed by atoms with Gasteiger partial charge in [-0.2, -0.15) is 0 Å². The van der Waals surface area contributed by atoms with E-state index in [0.717, 1.165) is 12.5 Å². The van der Waals surface area contributed by atoms with Crippen molar-refractivity contribution in [1.82, 2.24) is 4.90 Å². The maximum absolute atomic E-state index is 12.9. The van der Waals surface area contributed by atoms with Crippen LogP contribution < -0.4 is 0 Å². The molecule has 9 nitrogen and oxygen atoms in total. The van der Waals surface area contributed by atoms with Gasteiger partial charge in [0.15, 0.2) is 6.61 Å². The lowest BCUT2D eigenvalue weighted by Crippen LogP contribution is -2.40. The minimum Gasteiger partial charge on any atom is -0.457 e. The molecule has 5 aliphatic rings. The minimum atomic E-state index is -0.710. The molecule has 1 saturated heterocycles. The van der Waals surface area contributed by atoms with Crippen LogP contribution >= 0.6 is 0 Å². The molecule has 31 heavy (non-hydrogen) atoms. The average Bonchev–Trinajstić information content (AvgIpc) is 3.55. The lowest BCUT2D eigenvalue weighted by molar-refractivity contribution is -0.384. The van der Waals surface area contributed by atoms with Crippen LogP contribution in [0.15, 0.2) is 36.4 Å². The lowest BCUT2D eigenvalue weighted by Gasteiger charge is -2.37. The third kappa shape index (κ3) is 3.15. The number of carbonyl (C=O) groups is 4. The molecule has 6 rings (SSSR count). The Bertz CT molecular complexity index is 1010. The van der Waals surface area contributed by atoms with Crippen LogP contribution in [0, 0.1) is 45.6 Å². The van der Waals surface area contributed by atoms with Crippen LogP contribution in [-0.4, -0.2) is 46.5 Å². The van der Waals surface area contributed by atoms with Crippen molar-refractivity contribution < 1.29 is 28.8 Å². The van der Waals surface area contributed by atoms with Crippen LogP contribution in [0.4, 0.5) is 5.69 Å². The number of nitrogens with zero attached hydrogens (tertiary/aromatic N) is 2. The molecule has 1 aromatic rings. The number of non-ortho nitro benzene ring substituents is 1. The van der Waals surface area contributed by atoms with Crippen molar-refractivity contribution >= 4 is 29.3 Å². The van der Waals surface area contributed by atoms with Gasteiger partial charge in [0.25, 0.3) is 5.69 Å². The van der Waals surface area contributed by atoms with Gasteiger partial charge >= 0.3 is 5.97 Å². The SMILES string of the molecule is O=C(CCN1C(=O)[C@@H]2[C@H]3C=C[C@@H]([C@@H]4C[C@H]34)[C@H]2C1=O)OCC(=O)c1cccc([N+](=O)[O-])c1. The van der Waals surface area contributed by atoms with Crippen molar-refractivity contribution in [3.63, 3.8) is 0 Å². The summed E-state index contributed by atoms with van der Waals surface area (Å²) in [6, 6.07) is 5.16. The molecule has 1 heterocycles. The predicted octanol–water partition coefficient (Wildman–Crippen LogP) is 1.76. The number of nitro benzene ring substituents is 1. The third-order valence-electron chi connectivity index (χ3n) is 7.04. The van der Waals surface area contributed by atoms with Crippen LogP contribution in [0.1, 0.15) is 23.2 Å². The lowest BCUT2D eigenvalue weighted by atomic mass is 9.63. The van der Waals surface area contributed by atoms with E-state index in [-0.39, 0.29) is 59.7 Å². The zero-order chi connectivity index (χ0) is 21.9.